The van der Waals surface area contributed by atoms with E-state index in [0.717, 1.165) is 24.4 Å². The van der Waals surface area contributed by atoms with E-state index >= 15 is 0 Å². The molecule has 0 bridgehead atoms. The van der Waals surface area contributed by atoms with E-state index in [9.17, 15) is 8.42 Å². The predicted molar refractivity (Wildman–Crippen MR) is 85.2 cm³/mol. The quantitative estimate of drug-likeness (QED) is 0.895. The molecule has 7 nitrogen and oxygen atoms in total. The molecule has 2 aromatic rings. The number of rotatable bonds is 4. The van der Waals surface area contributed by atoms with Crippen LogP contribution in [0.25, 0.3) is 0 Å². The molecule has 1 aliphatic heterocycles. The largest absolute Gasteiger partial charge is 0.378 e. The number of aromatic nitrogens is 2. The molecule has 1 fully saturated rings. The molecule has 0 spiro atoms. The topological polar surface area (TPSA) is 84.4 Å². The minimum Gasteiger partial charge on any atom is -0.378 e. The average Bonchev–Trinajstić information content (AvgIpc) is 2.96. The summed E-state index contributed by atoms with van der Waals surface area (Å²) in [6, 6.07) is 6.31. The van der Waals surface area contributed by atoms with E-state index in [0.29, 0.717) is 23.4 Å². The first-order valence-electron chi connectivity index (χ1n) is 6.49. The molecule has 3 rings (SSSR count). The van der Waals surface area contributed by atoms with E-state index in [1.54, 1.807) is 12.1 Å². The number of hydrogen-bond acceptors (Lipinski definition) is 7. The number of nitrogens with one attached hydrogen (secondary N) is 1. The van der Waals surface area contributed by atoms with E-state index in [2.05, 4.69) is 14.9 Å². The predicted octanol–water partition coefficient (Wildman–Crippen LogP) is 1.83. The number of thiophene rings is 1. The third-order valence-electron chi connectivity index (χ3n) is 3.04. The van der Waals surface area contributed by atoms with Crippen molar-refractivity contribution in [3.63, 3.8) is 0 Å². The lowest BCUT2D eigenvalue weighted by Gasteiger charge is -2.27. The lowest BCUT2D eigenvalue weighted by Crippen LogP contribution is -2.36. The van der Waals surface area contributed by atoms with Crippen molar-refractivity contribution in [1.82, 2.24) is 10.2 Å². The van der Waals surface area contributed by atoms with Crippen LogP contribution in [0.1, 0.15) is 0 Å². The van der Waals surface area contributed by atoms with Crippen LogP contribution in [-0.2, 0) is 14.8 Å². The molecule has 1 N–H and O–H groups in total. The smallest absolute Gasteiger partial charge is 0.272 e. The van der Waals surface area contributed by atoms with Crippen LogP contribution in [-0.4, -0.2) is 44.9 Å². The van der Waals surface area contributed by atoms with Gasteiger partial charge in [-0.25, -0.2) is 8.42 Å². The summed E-state index contributed by atoms with van der Waals surface area (Å²) < 4.78 is 32.5. The van der Waals surface area contributed by atoms with Crippen molar-refractivity contribution in [2.24, 2.45) is 0 Å². The van der Waals surface area contributed by atoms with Gasteiger partial charge in [-0.2, -0.15) is 0 Å². The Kier molecular flexibility index (Phi) is 4.48. The van der Waals surface area contributed by atoms with Gasteiger partial charge in [0.25, 0.3) is 10.0 Å². The van der Waals surface area contributed by atoms with Crippen LogP contribution in [0.4, 0.5) is 11.6 Å². The fraction of sp³-hybridized carbons (Fsp3) is 0.333. The number of halogens is 1. The second-order valence-electron chi connectivity index (χ2n) is 4.54. The Morgan fingerprint density at radius 3 is 2.55 bits per heavy atom. The Balaban J connectivity index is 1.73. The van der Waals surface area contributed by atoms with Gasteiger partial charge < -0.3 is 9.64 Å². The zero-order chi connectivity index (χ0) is 15.6. The Hall–Kier alpha value is -1.42. The molecule has 2 aromatic heterocycles. The van der Waals surface area contributed by atoms with E-state index in [4.69, 9.17) is 16.3 Å². The maximum Gasteiger partial charge on any atom is 0.272 e. The molecule has 0 amide bonds. The lowest BCUT2D eigenvalue weighted by molar-refractivity contribution is 0.122. The van der Waals surface area contributed by atoms with Crippen molar-refractivity contribution in [3.8, 4) is 0 Å². The van der Waals surface area contributed by atoms with Gasteiger partial charge in [-0.05, 0) is 24.3 Å². The van der Waals surface area contributed by atoms with Crippen molar-refractivity contribution < 1.29 is 13.2 Å². The highest BCUT2D eigenvalue weighted by Gasteiger charge is 2.18. The van der Waals surface area contributed by atoms with Gasteiger partial charge in [-0.3, -0.25) is 4.72 Å². The number of nitrogens with zero attached hydrogens (tertiary/aromatic N) is 3. The highest BCUT2D eigenvalue weighted by Crippen LogP contribution is 2.27. The summed E-state index contributed by atoms with van der Waals surface area (Å²) in [5, 5.41) is 7.98. The fourth-order valence-electron chi connectivity index (χ4n) is 1.97. The second kappa shape index (κ2) is 6.37. The van der Waals surface area contributed by atoms with Gasteiger partial charge in [-0.1, -0.05) is 11.6 Å². The number of hydrogen-bond donors (Lipinski definition) is 1. The summed E-state index contributed by atoms with van der Waals surface area (Å²) in [6.45, 7) is 2.78. The minimum atomic E-state index is -3.68. The van der Waals surface area contributed by atoms with Crippen molar-refractivity contribution in [2.45, 2.75) is 4.21 Å². The van der Waals surface area contributed by atoms with Crippen LogP contribution in [0, 0.1) is 0 Å². The number of sulfonamides is 1. The Bertz CT molecular complexity index is 742. The van der Waals surface area contributed by atoms with E-state index in [1.165, 1.54) is 12.1 Å². The molecule has 0 radical (unpaired) electrons. The molecule has 1 saturated heterocycles. The maximum atomic E-state index is 12.1. The number of ether oxygens (including phenoxy) is 1. The van der Waals surface area contributed by atoms with Crippen molar-refractivity contribution >= 4 is 44.6 Å². The lowest BCUT2D eigenvalue weighted by atomic mass is 10.4. The summed E-state index contributed by atoms with van der Waals surface area (Å²) in [7, 11) is -3.68. The molecule has 118 valence electrons. The van der Waals surface area contributed by atoms with E-state index < -0.39 is 10.0 Å². The summed E-state index contributed by atoms with van der Waals surface area (Å²) >= 11 is 6.74. The SMILES string of the molecule is O=S(=O)(Nc1ccc(N2CCOCC2)nn1)c1ccc(Cl)s1. The Morgan fingerprint density at radius 2 is 1.95 bits per heavy atom. The molecular weight excluding hydrogens is 348 g/mol. The molecular formula is C12H13ClN4O3S2. The van der Waals surface area contributed by atoms with Crippen LogP contribution in [0.15, 0.2) is 28.5 Å². The molecule has 0 aromatic carbocycles. The number of morpholine rings is 1. The van der Waals surface area contributed by atoms with E-state index in [1.807, 2.05) is 4.90 Å². The standard InChI is InChI=1S/C12H13ClN4O3S2/c13-9-1-4-12(21-9)22(18,19)16-10-2-3-11(15-14-10)17-5-7-20-8-6-17/h1-4H,5-8H2,(H,14,16). The normalized spacial score (nSPS) is 15.8. The Morgan fingerprint density at radius 1 is 1.18 bits per heavy atom. The first kappa shape index (κ1) is 15.5. The van der Waals surface area contributed by atoms with Gasteiger partial charge >= 0.3 is 0 Å². The van der Waals surface area contributed by atoms with Crippen LogP contribution in [0.5, 0.6) is 0 Å². The van der Waals surface area contributed by atoms with Crippen LogP contribution < -0.4 is 9.62 Å². The molecule has 0 unspecified atom stereocenters. The Labute approximate surface area is 136 Å². The maximum absolute atomic E-state index is 12.1. The molecule has 1 aliphatic rings. The van der Waals surface area contributed by atoms with Crippen LogP contribution in [0.3, 0.4) is 0 Å². The molecule has 0 saturated carbocycles. The zero-order valence-electron chi connectivity index (χ0n) is 11.4. The van der Waals surface area contributed by atoms with Crippen molar-refractivity contribution in [3.05, 3.63) is 28.6 Å². The highest BCUT2D eigenvalue weighted by atomic mass is 35.5. The number of anilines is 2. The third kappa shape index (κ3) is 3.49. The van der Waals surface area contributed by atoms with Crippen molar-refractivity contribution in [1.29, 1.82) is 0 Å². The van der Waals surface area contributed by atoms with Gasteiger partial charge in [0.1, 0.15) is 4.21 Å². The van der Waals surface area contributed by atoms with Gasteiger partial charge in [-0.15, -0.1) is 21.5 Å². The summed E-state index contributed by atoms with van der Waals surface area (Å²) in [6.07, 6.45) is 0. The van der Waals surface area contributed by atoms with Crippen molar-refractivity contribution in [2.75, 3.05) is 35.9 Å². The second-order valence-corrected chi connectivity index (χ2v) is 8.16. The molecule has 22 heavy (non-hydrogen) atoms. The van der Waals surface area contributed by atoms with Crippen LogP contribution >= 0.6 is 22.9 Å². The summed E-state index contributed by atoms with van der Waals surface area (Å²) in [5.41, 5.74) is 0. The molecule has 10 heteroatoms. The molecule has 3 heterocycles. The van der Waals surface area contributed by atoms with E-state index in [-0.39, 0.29) is 10.0 Å². The first-order valence-corrected chi connectivity index (χ1v) is 9.17. The van der Waals surface area contributed by atoms with Gasteiger partial charge in [0.2, 0.25) is 0 Å². The zero-order valence-corrected chi connectivity index (χ0v) is 13.8. The average molecular weight is 361 g/mol. The monoisotopic (exact) mass is 360 g/mol. The molecule has 0 atom stereocenters. The van der Waals surface area contributed by atoms with Gasteiger partial charge in [0.15, 0.2) is 11.6 Å². The third-order valence-corrected chi connectivity index (χ3v) is 6.12. The minimum absolute atomic E-state index is 0.136. The first-order chi connectivity index (χ1) is 10.5. The highest BCUT2D eigenvalue weighted by molar-refractivity contribution is 7.94. The molecule has 0 aliphatic carbocycles. The summed E-state index contributed by atoms with van der Waals surface area (Å²) in [4.78, 5) is 2.04. The fourth-order valence-corrected chi connectivity index (χ4v) is 4.45. The summed E-state index contributed by atoms with van der Waals surface area (Å²) in [5.74, 6) is 0.868. The van der Waals surface area contributed by atoms with Gasteiger partial charge in [0, 0.05) is 13.1 Å². The van der Waals surface area contributed by atoms with Crippen LogP contribution in [0.2, 0.25) is 4.34 Å². The van der Waals surface area contributed by atoms with Gasteiger partial charge in [0.05, 0.1) is 17.6 Å².